The van der Waals surface area contributed by atoms with E-state index in [0.29, 0.717) is 11.5 Å². The maximum atomic E-state index is 12.9. The molecule has 2 aliphatic rings. The molecule has 1 aliphatic carbocycles. The number of H-pyrrole nitrogens is 1. The molecule has 1 aliphatic heterocycles. The average molecular weight is 489 g/mol. The standard InChI is InChI=1S/C23H20ClF3N6O/c1-33-19-7-6-15(10-17(19)31-22(33)30-14-4-2-13(24)3-5-14)34-16-8-9-28-18(11-16)21-29-12-20(32-21)23(25,26)27/h2-4,6-12,14,22,30-31H,5H2,1H3,(H,29,32). The summed E-state index contributed by atoms with van der Waals surface area (Å²) in [5.74, 6) is 1.00. The number of imidazole rings is 1. The highest BCUT2D eigenvalue weighted by molar-refractivity contribution is 6.31. The van der Waals surface area contributed by atoms with E-state index < -0.39 is 11.9 Å². The third kappa shape index (κ3) is 4.59. The summed E-state index contributed by atoms with van der Waals surface area (Å²) in [6, 6.07) is 8.96. The summed E-state index contributed by atoms with van der Waals surface area (Å²) in [5.41, 5.74) is 1.20. The Morgan fingerprint density at radius 3 is 2.74 bits per heavy atom. The maximum Gasteiger partial charge on any atom is 0.432 e. The molecule has 2 atom stereocenters. The summed E-state index contributed by atoms with van der Waals surface area (Å²) in [4.78, 5) is 12.2. The summed E-state index contributed by atoms with van der Waals surface area (Å²) in [6.45, 7) is 0. The Hall–Kier alpha value is -3.50. The lowest BCUT2D eigenvalue weighted by Gasteiger charge is -2.27. The maximum absolute atomic E-state index is 12.9. The van der Waals surface area contributed by atoms with Crippen molar-refractivity contribution in [1.29, 1.82) is 0 Å². The van der Waals surface area contributed by atoms with Gasteiger partial charge in [-0.15, -0.1) is 0 Å². The Morgan fingerprint density at radius 2 is 2.00 bits per heavy atom. The largest absolute Gasteiger partial charge is 0.457 e. The van der Waals surface area contributed by atoms with Crippen LogP contribution in [-0.2, 0) is 6.18 Å². The molecule has 7 nitrogen and oxygen atoms in total. The van der Waals surface area contributed by atoms with Crippen LogP contribution < -0.4 is 20.3 Å². The van der Waals surface area contributed by atoms with Gasteiger partial charge in [-0.2, -0.15) is 13.2 Å². The highest BCUT2D eigenvalue weighted by Gasteiger charge is 2.33. The van der Waals surface area contributed by atoms with Crippen LogP contribution in [0.15, 0.2) is 66.0 Å². The fraction of sp³-hybridized carbons (Fsp3) is 0.217. The first-order chi connectivity index (χ1) is 16.3. The highest BCUT2D eigenvalue weighted by Crippen LogP contribution is 2.37. The Kier molecular flexibility index (Phi) is 5.70. The number of aromatic amines is 1. The predicted molar refractivity (Wildman–Crippen MR) is 124 cm³/mol. The number of aromatic nitrogens is 3. The molecule has 2 aromatic heterocycles. The van der Waals surface area contributed by atoms with Crippen LogP contribution in [-0.4, -0.2) is 34.3 Å². The van der Waals surface area contributed by atoms with Crippen molar-refractivity contribution in [1.82, 2.24) is 20.3 Å². The molecule has 3 aromatic rings. The van der Waals surface area contributed by atoms with Crippen molar-refractivity contribution in [3.63, 3.8) is 0 Å². The van der Waals surface area contributed by atoms with Crippen molar-refractivity contribution in [3.05, 3.63) is 71.7 Å². The lowest BCUT2D eigenvalue weighted by Crippen LogP contribution is -2.49. The van der Waals surface area contributed by atoms with Gasteiger partial charge in [-0.05, 0) is 30.7 Å². The van der Waals surface area contributed by atoms with E-state index in [0.717, 1.165) is 29.0 Å². The Bertz CT molecular complexity index is 1270. The van der Waals surface area contributed by atoms with Crippen LogP contribution in [0.3, 0.4) is 0 Å². The fourth-order valence-electron chi connectivity index (χ4n) is 3.79. The second kappa shape index (κ2) is 8.69. The second-order valence-electron chi connectivity index (χ2n) is 7.92. The minimum Gasteiger partial charge on any atom is -0.457 e. The Morgan fingerprint density at radius 1 is 1.18 bits per heavy atom. The SMILES string of the molecule is CN1c2ccc(Oc3ccnc(-c4ncc(C(F)(F)F)[nH]4)c3)cc2NC1NC1C=CC(Cl)=CC1. The molecule has 0 radical (unpaired) electrons. The smallest absolute Gasteiger partial charge is 0.432 e. The summed E-state index contributed by atoms with van der Waals surface area (Å²) < 4.78 is 44.5. The van der Waals surface area contributed by atoms with Gasteiger partial charge in [0.05, 0.1) is 17.6 Å². The van der Waals surface area contributed by atoms with Crippen LogP contribution in [0, 0.1) is 0 Å². The van der Waals surface area contributed by atoms with Gasteiger partial charge in [-0.1, -0.05) is 23.8 Å². The molecule has 5 rings (SSSR count). The van der Waals surface area contributed by atoms with E-state index in [1.54, 1.807) is 6.07 Å². The van der Waals surface area contributed by atoms with Gasteiger partial charge < -0.3 is 19.9 Å². The molecular weight excluding hydrogens is 469 g/mol. The zero-order chi connectivity index (χ0) is 23.9. The topological polar surface area (TPSA) is 78.1 Å². The first kappa shape index (κ1) is 22.3. The minimum absolute atomic E-state index is 0.0110. The van der Waals surface area contributed by atoms with Crippen molar-refractivity contribution in [2.24, 2.45) is 0 Å². The van der Waals surface area contributed by atoms with E-state index >= 15 is 0 Å². The first-order valence-electron chi connectivity index (χ1n) is 10.5. The zero-order valence-corrected chi connectivity index (χ0v) is 18.7. The molecule has 1 aromatic carbocycles. The number of benzene rings is 1. The molecule has 3 heterocycles. The number of hydrogen-bond acceptors (Lipinski definition) is 6. The van der Waals surface area contributed by atoms with Gasteiger partial charge in [0.15, 0.2) is 12.1 Å². The van der Waals surface area contributed by atoms with Crippen LogP contribution >= 0.6 is 11.6 Å². The molecule has 2 unspecified atom stereocenters. The monoisotopic (exact) mass is 488 g/mol. The molecule has 11 heteroatoms. The predicted octanol–water partition coefficient (Wildman–Crippen LogP) is 5.47. The number of anilines is 2. The fourth-order valence-corrected chi connectivity index (χ4v) is 3.96. The van der Waals surface area contributed by atoms with E-state index in [1.165, 1.54) is 12.3 Å². The lowest BCUT2D eigenvalue weighted by molar-refractivity contribution is -0.140. The molecule has 0 saturated heterocycles. The number of allylic oxidation sites excluding steroid dienone is 2. The van der Waals surface area contributed by atoms with E-state index in [2.05, 4.69) is 30.5 Å². The number of nitrogens with one attached hydrogen (secondary N) is 3. The number of ether oxygens (including phenoxy) is 1. The van der Waals surface area contributed by atoms with E-state index in [4.69, 9.17) is 16.3 Å². The van der Waals surface area contributed by atoms with Gasteiger partial charge >= 0.3 is 6.18 Å². The van der Waals surface area contributed by atoms with Gasteiger partial charge in [0.2, 0.25) is 0 Å². The number of alkyl halides is 3. The molecule has 3 N–H and O–H groups in total. The van der Waals surface area contributed by atoms with Crippen molar-refractivity contribution in [3.8, 4) is 23.0 Å². The van der Waals surface area contributed by atoms with E-state index in [1.807, 2.05) is 43.5 Å². The van der Waals surface area contributed by atoms with Gasteiger partial charge in [0, 0.05) is 36.5 Å². The molecule has 0 spiro atoms. The number of nitrogens with zero attached hydrogens (tertiary/aromatic N) is 3. The number of halogens is 4. The van der Waals surface area contributed by atoms with Crippen molar-refractivity contribution in [2.75, 3.05) is 17.3 Å². The van der Waals surface area contributed by atoms with Crippen molar-refractivity contribution < 1.29 is 17.9 Å². The van der Waals surface area contributed by atoms with Gasteiger partial charge in [0.25, 0.3) is 0 Å². The lowest BCUT2D eigenvalue weighted by atomic mass is 10.1. The third-order valence-corrected chi connectivity index (χ3v) is 5.83. The van der Waals surface area contributed by atoms with Crippen LogP contribution in [0.4, 0.5) is 24.5 Å². The number of fused-ring (bicyclic) bond motifs is 1. The van der Waals surface area contributed by atoms with Crippen LogP contribution in [0.5, 0.6) is 11.5 Å². The van der Waals surface area contributed by atoms with Gasteiger partial charge in [-0.25, -0.2) is 4.98 Å². The molecule has 0 saturated carbocycles. The quantitative estimate of drug-likeness (QED) is 0.442. The summed E-state index contributed by atoms with van der Waals surface area (Å²) in [6.07, 6.45) is 4.27. The average Bonchev–Trinajstić information content (AvgIpc) is 3.41. The van der Waals surface area contributed by atoms with Gasteiger partial charge in [0.1, 0.15) is 22.9 Å². The summed E-state index contributed by atoms with van der Waals surface area (Å²) in [7, 11) is 1.99. The normalized spacial score (nSPS) is 19.6. The summed E-state index contributed by atoms with van der Waals surface area (Å²) >= 11 is 6.00. The minimum atomic E-state index is -4.51. The Balaban J connectivity index is 1.29. The van der Waals surface area contributed by atoms with Gasteiger partial charge in [-0.3, -0.25) is 10.3 Å². The molecule has 0 fully saturated rings. The molecule has 34 heavy (non-hydrogen) atoms. The molecular formula is C23H20ClF3N6O. The molecule has 176 valence electrons. The van der Waals surface area contributed by atoms with Crippen LogP contribution in [0.1, 0.15) is 12.1 Å². The van der Waals surface area contributed by atoms with E-state index in [9.17, 15) is 13.2 Å². The second-order valence-corrected chi connectivity index (χ2v) is 8.35. The third-order valence-electron chi connectivity index (χ3n) is 5.54. The first-order valence-corrected chi connectivity index (χ1v) is 10.8. The molecule has 0 bridgehead atoms. The van der Waals surface area contributed by atoms with Crippen LogP contribution in [0.25, 0.3) is 11.5 Å². The van der Waals surface area contributed by atoms with Crippen molar-refractivity contribution in [2.45, 2.75) is 24.9 Å². The summed E-state index contributed by atoms with van der Waals surface area (Å²) in [5, 5.41) is 7.70. The number of rotatable bonds is 5. The number of hydrogen-bond donors (Lipinski definition) is 3. The molecule has 0 amide bonds. The van der Waals surface area contributed by atoms with Crippen LogP contribution in [0.2, 0.25) is 0 Å². The van der Waals surface area contributed by atoms with Crippen molar-refractivity contribution >= 4 is 23.0 Å². The Labute approximate surface area is 198 Å². The highest BCUT2D eigenvalue weighted by atomic mass is 35.5. The van der Waals surface area contributed by atoms with E-state index in [-0.39, 0.29) is 23.8 Å². The zero-order valence-electron chi connectivity index (χ0n) is 17.9. The number of pyridine rings is 1.